The van der Waals surface area contributed by atoms with Gasteiger partial charge < -0.3 is 10.2 Å². The van der Waals surface area contributed by atoms with Crippen LogP contribution in [-0.4, -0.2) is 19.0 Å². The highest BCUT2D eigenvalue weighted by Gasteiger charge is 2.39. The first-order valence-electron chi connectivity index (χ1n) is 7.40. The van der Waals surface area contributed by atoms with Gasteiger partial charge in [-0.1, -0.05) is 19.1 Å². The van der Waals surface area contributed by atoms with Crippen molar-refractivity contribution in [3.8, 4) is 0 Å². The molecule has 0 radical (unpaired) electrons. The molecule has 2 aliphatic rings. The molecule has 1 N–H and O–H groups in total. The van der Waals surface area contributed by atoms with E-state index in [1.54, 1.807) is 0 Å². The number of hydrogen-bond acceptors (Lipinski definition) is 2. The number of anilines is 2. The average molecular weight is 258 g/mol. The number of nitrogens with zero attached hydrogens (tertiary/aromatic N) is 1. The molecule has 0 unspecified atom stereocenters. The standard InChI is InChI=1S/C16H22N2O/c1-12-11-13(12)16(19)17-14-7-3-4-8-15(14)18-9-5-2-6-10-18/h3-4,7-8,12-13H,2,5-6,9-11H2,1H3,(H,17,19)/t12-,13+/m0/s1. The number of para-hydroxylation sites is 2. The van der Waals surface area contributed by atoms with Crippen LogP contribution in [0.25, 0.3) is 0 Å². The molecule has 19 heavy (non-hydrogen) atoms. The van der Waals surface area contributed by atoms with E-state index in [1.807, 2.05) is 12.1 Å². The third-order valence-electron chi connectivity index (χ3n) is 4.30. The minimum Gasteiger partial charge on any atom is -0.370 e. The predicted molar refractivity (Wildman–Crippen MR) is 78.4 cm³/mol. The summed E-state index contributed by atoms with van der Waals surface area (Å²) in [6, 6.07) is 8.20. The number of benzene rings is 1. The average Bonchev–Trinajstić information content (AvgIpc) is 3.18. The van der Waals surface area contributed by atoms with E-state index in [4.69, 9.17) is 0 Å². The first-order chi connectivity index (χ1) is 9.25. The first kappa shape index (κ1) is 12.5. The molecular formula is C16H22N2O. The number of amides is 1. The van der Waals surface area contributed by atoms with E-state index < -0.39 is 0 Å². The summed E-state index contributed by atoms with van der Waals surface area (Å²) in [6.45, 7) is 4.35. The summed E-state index contributed by atoms with van der Waals surface area (Å²) < 4.78 is 0. The lowest BCUT2D eigenvalue weighted by Crippen LogP contribution is -2.30. The second-order valence-corrected chi connectivity index (χ2v) is 5.87. The highest BCUT2D eigenvalue weighted by molar-refractivity contribution is 5.97. The highest BCUT2D eigenvalue weighted by Crippen LogP contribution is 2.39. The van der Waals surface area contributed by atoms with Crippen LogP contribution in [0.1, 0.15) is 32.6 Å². The Labute approximate surface area is 115 Å². The van der Waals surface area contributed by atoms with Crippen LogP contribution in [0, 0.1) is 11.8 Å². The maximum absolute atomic E-state index is 12.1. The van der Waals surface area contributed by atoms with Gasteiger partial charge in [-0.25, -0.2) is 0 Å². The normalized spacial score (nSPS) is 26.1. The van der Waals surface area contributed by atoms with Crippen LogP contribution >= 0.6 is 0 Å². The van der Waals surface area contributed by atoms with E-state index in [9.17, 15) is 4.79 Å². The van der Waals surface area contributed by atoms with E-state index in [-0.39, 0.29) is 11.8 Å². The minimum absolute atomic E-state index is 0.192. The Morgan fingerprint density at radius 3 is 2.58 bits per heavy atom. The molecule has 1 saturated heterocycles. The third kappa shape index (κ3) is 2.75. The predicted octanol–water partition coefficient (Wildman–Crippen LogP) is 3.27. The smallest absolute Gasteiger partial charge is 0.227 e. The lowest BCUT2D eigenvalue weighted by molar-refractivity contribution is -0.117. The van der Waals surface area contributed by atoms with E-state index >= 15 is 0 Å². The maximum Gasteiger partial charge on any atom is 0.227 e. The molecule has 1 heterocycles. The van der Waals surface area contributed by atoms with Crippen LogP contribution in [0.3, 0.4) is 0 Å². The molecule has 1 aromatic rings. The van der Waals surface area contributed by atoms with Gasteiger partial charge >= 0.3 is 0 Å². The zero-order valence-electron chi connectivity index (χ0n) is 11.6. The maximum atomic E-state index is 12.1. The third-order valence-corrected chi connectivity index (χ3v) is 4.30. The number of carbonyl (C=O) groups excluding carboxylic acids is 1. The number of nitrogens with one attached hydrogen (secondary N) is 1. The molecule has 1 amide bonds. The summed E-state index contributed by atoms with van der Waals surface area (Å²) in [4.78, 5) is 14.5. The molecule has 2 fully saturated rings. The molecule has 0 bridgehead atoms. The molecule has 3 heteroatoms. The molecule has 1 aliphatic carbocycles. The van der Waals surface area contributed by atoms with Crippen molar-refractivity contribution in [3.63, 3.8) is 0 Å². The van der Waals surface area contributed by atoms with Crippen LogP contribution in [0.5, 0.6) is 0 Å². The van der Waals surface area contributed by atoms with Crippen molar-refractivity contribution >= 4 is 17.3 Å². The fourth-order valence-corrected chi connectivity index (χ4v) is 2.90. The summed E-state index contributed by atoms with van der Waals surface area (Å²) in [5.41, 5.74) is 2.16. The van der Waals surface area contributed by atoms with Gasteiger partial charge in [-0.15, -0.1) is 0 Å². The Morgan fingerprint density at radius 1 is 1.21 bits per heavy atom. The molecule has 0 spiro atoms. The van der Waals surface area contributed by atoms with Gasteiger partial charge in [0.15, 0.2) is 0 Å². The van der Waals surface area contributed by atoms with Crippen molar-refractivity contribution in [1.82, 2.24) is 0 Å². The number of carbonyl (C=O) groups is 1. The Bertz CT molecular complexity index is 466. The monoisotopic (exact) mass is 258 g/mol. The van der Waals surface area contributed by atoms with Gasteiger partial charge in [0, 0.05) is 19.0 Å². The van der Waals surface area contributed by atoms with Gasteiger partial charge in [0.1, 0.15) is 0 Å². The number of rotatable bonds is 3. The number of hydrogen-bond donors (Lipinski definition) is 1. The summed E-state index contributed by atoms with van der Waals surface area (Å²) in [6.07, 6.45) is 4.87. The minimum atomic E-state index is 0.192. The molecule has 0 aromatic heterocycles. The second-order valence-electron chi connectivity index (χ2n) is 5.87. The van der Waals surface area contributed by atoms with Gasteiger partial charge in [0.05, 0.1) is 11.4 Å². The van der Waals surface area contributed by atoms with Crippen molar-refractivity contribution in [2.24, 2.45) is 11.8 Å². The Kier molecular flexibility index (Phi) is 3.45. The van der Waals surface area contributed by atoms with Gasteiger partial charge in [-0.2, -0.15) is 0 Å². The van der Waals surface area contributed by atoms with Crippen molar-refractivity contribution in [1.29, 1.82) is 0 Å². The summed E-state index contributed by atoms with van der Waals surface area (Å²) >= 11 is 0. The lowest BCUT2D eigenvalue weighted by atomic mass is 10.1. The summed E-state index contributed by atoms with van der Waals surface area (Å²) in [5, 5.41) is 3.12. The summed E-state index contributed by atoms with van der Waals surface area (Å²) in [7, 11) is 0. The van der Waals surface area contributed by atoms with Crippen LogP contribution in [0.4, 0.5) is 11.4 Å². The highest BCUT2D eigenvalue weighted by atomic mass is 16.2. The fraction of sp³-hybridized carbons (Fsp3) is 0.562. The van der Waals surface area contributed by atoms with Crippen molar-refractivity contribution in [2.45, 2.75) is 32.6 Å². The molecule has 102 valence electrons. The van der Waals surface area contributed by atoms with E-state index in [0.717, 1.165) is 25.2 Å². The largest absolute Gasteiger partial charge is 0.370 e. The molecule has 1 saturated carbocycles. The SMILES string of the molecule is C[C@H]1C[C@H]1C(=O)Nc1ccccc1N1CCCCC1. The molecule has 3 nitrogen and oxygen atoms in total. The van der Waals surface area contributed by atoms with Gasteiger partial charge in [-0.3, -0.25) is 4.79 Å². The van der Waals surface area contributed by atoms with Crippen LogP contribution < -0.4 is 10.2 Å². The lowest BCUT2D eigenvalue weighted by Gasteiger charge is -2.30. The van der Waals surface area contributed by atoms with Gasteiger partial charge in [0.25, 0.3) is 0 Å². The molecular weight excluding hydrogens is 236 g/mol. The Morgan fingerprint density at radius 2 is 1.89 bits per heavy atom. The quantitative estimate of drug-likeness (QED) is 0.902. The van der Waals surface area contributed by atoms with E-state index in [1.165, 1.54) is 24.9 Å². The van der Waals surface area contributed by atoms with Crippen LogP contribution in [-0.2, 0) is 4.79 Å². The van der Waals surface area contributed by atoms with Crippen LogP contribution in [0.15, 0.2) is 24.3 Å². The van der Waals surface area contributed by atoms with Gasteiger partial charge in [0.2, 0.25) is 5.91 Å². The zero-order valence-corrected chi connectivity index (χ0v) is 11.6. The van der Waals surface area contributed by atoms with Crippen molar-refractivity contribution in [2.75, 3.05) is 23.3 Å². The zero-order chi connectivity index (χ0) is 13.2. The van der Waals surface area contributed by atoms with E-state index in [0.29, 0.717) is 5.92 Å². The molecule has 2 atom stereocenters. The Hall–Kier alpha value is -1.51. The van der Waals surface area contributed by atoms with Gasteiger partial charge in [-0.05, 0) is 43.7 Å². The molecule has 1 aromatic carbocycles. The molecule has 3 rings (SSSR count). The van der Waals surface area contributed by atoms with Crippen molar-refractivity contribution in [3.05, 3.63) is 24.3 Å². The Balaban J connectivity index is 1.74. The summed E-state index contributed by atoms with van der Waals surface area (Å²) in [5.74, 6) is 0.980. The number of piperidine rings is 1. The van der Waals surface area contributed by atoms with E-state index in [2.05, 4.69) is 29.3 Å². The second kappa shape index (κ2) is 5.24. The fourth-order valence-electron chi connectivity index (χ4n) is 2.90. The van der Waals surface area contributed by atoms with Crippen molar-refractivity contribution < 1.29 is 4.79 Å². The molecule has 1 aliphatic heterocycles. The van der Waals surface area contributed by atoms with Crippen LogP contribution in [0.2, 0.25) is 0 Å². The topological polar surface area (TPSA) is 32.3 Å². The first-order valence-corrected chi connectivity index (χ1v) is 7.40.